The number of hydrogen-bond acceptors (Lipinski definition) is 7. The summed E-state index contributed by atoms with van der Waals surface area (Å²) in [6.45, 7) is 6.15. The molecule has 5 rings (SSSR count). The van der Waals surface area contributed by atoms with Crippen molar-refractivity contribution in [1.82, 2.24) is 20.6 Å². The van der Waals surface area contributed by atoms with Gasteiger partial charge < -0.3 is 15.4 Å². The van der Waals surface area contributed by atoms with E-state index in [1.807, 2.05) is 38.1 Å². The molecule has 1 amide bonds. The first-order chi connectivity index (χ1) is 14.9. The summed E-state index contributed by atoms with van der Waals surface area (Å²) < 4.78 is 5.89. The maximum atomic E-state index is 13.4. The van der Waals surface area contributed by atoms with Crippen LogP contribution in [-0.2, 0) is 10.2 Å². The molecule has 2 aromatic rings. The molecule has 1 aromatic heterocycles. The molecule has 0 saturated carbocycles. The Morgan fingerprint density at radius 2 is 2.00 bits per heavy atom. The normalized spacial score (nSPS) is 25.8. The fourth-order valence-electron chi connectivity index (χ4n) is 4.88. The van der Waals surface area contributed by atoms with Crippen molar-refractivity contribution in [3.05, 3.63) is 71.3 Å². The van der Waals surface area contributed by atoms with E-state index in [9.17, 15) is 4.79 Å². The summed E-state index contributed by atoms with van der Waals surface area (Å²) in [4.78, 5) is 21.7. The van der Waals surface area contributed by atoms with Crippen molar-refractivity contribution < 1.29 is 9.53 Å². The highest BCUT2D eigenvalue weighted by atomic mass is 16.5. The summed E-state index contributed by atoms with van der Waals surface area (Å²) >= 11 is 0. The first-order valence-electron chi connectivity index (χ1n) is 10.4. The van der Waals surface area contributed by atoms with Crippen molar-refractivity contribution in [2.24, 2.45) is 10.2 Å². The third kappa shape index (κ3) is 3.10. The van der Waals surface area contributed by atoms with Gasteiger partial charge in [0.15, 0.2) is 6.17 Å². The number of amides is 1. The van der Waals surface area contributed by atoms with Gasteiger partial charge in [0.05, 0.1) is 17.2 Å². The summed E-state index contributed by atoms with van der Waals surface area (Å²) in [5.74, 6) is 0.544. The van der Waals surface area contributed by atoms with E-state index in [0.717, 1.165) is 22.4 Å². The van der Waals surface area contributed by atoms with E-state index < -0.39 is 5.41 Å². The molecule has 4 heterocycles. The lowest BCUT2D eigenvalue weighted by molar-refractivity contribution is -0.120. The van der Waals surface area contributed by atoms with Crippen LogP contribution in [0, 0.1) is 0 Å². The number of nitrogens with one attached hydrogen (secondary N) is 2. The lowest BCUT2D eigenvalue weighted by atomic mass is 9.62. The van der Waals surface area contributed by atoms with Crippen molar-refractivity contribution in [3.8, 4) is 11.8 Å². The second-order valence-electron chi connectivity index (χ2n) is 8.65. The molecule has 8 nitrogen and oxygen atoms in total. The van der Waals surface area contributed by atoms with Gasteiger partial charge in [0.1, 0.15) is 5.75 Å². The Balaban J connectivity index is 1.66. The number of azo groups is 1. The molecule has 3 aliphatic rings. The molecule has 0 aliphatic carbocycles. The van der Waals surface area contributed by atoms with Gasteiger partial charge in [-0.25, -0.2) is 9.97 Å². The second kappa shape index (κ2) is 7.01. The van der Waals surface area contributed by atoms with Gasteiger partial charge in [0.2, 0.25) is 0 Å². The van der Waals surface area contributed by atoms with Gasteiger partial charge in [0, 0.05) is 35.6 Å². The molecule has 2 unspecified atom stereocenters. The molecular weight excluding hydrogens is 392 g/mol. The fourth-order valence-corrected chi connectivity index (χ4v) is 4.88. The smallest absolute Gasteiger partial charge is 0.321 e. The third-order valence-corrected chi connectivity index (χ3v) is 6.11. The molecule has 1 aromatic carbocycles. The summed E-state index contributed by atoms with van der Waals surface area (Å²) in [6, 6.07) is 9.78. The molecule has 0 saturated heterocycles. The van der Waals surface area contributed by atoms with Gasteiger partial charge in [-0.3, -0.25) is 4.79 Å². The van der Waals surface area contributed by atoms with Crippen LogP contribution < -0.4 is 15.4 Å². The molecule has 31 heavy (non-hydrogen) atoms. The number of fused-ring (bicyclic) bond motifs is 1. The Bertz CT molecular complexity index is 1140. The Labute approximate surface area is 180 Å². The van der Waals surface area contributed by atoms with E-state index in [-0.39, 0.29) is 23.6 Å². The van der Waals surface area contributed by atoms with Gasteiger partial charge >= 0.3 is 6.01 Å². The second-order valence-corrected chi connectivity index (χ2v) is 8.65. The van der Waals surface area contributed by atoms with Crippen LogP contribution in [0.2, 0.25) is 0 Å². The fraction of sp³-hybridized carbons (Fsp3) is 0.348. The van der Waals surface area contributed by atoms with Crippen LogP contribution in [0.4, 0.5) is 0 Å². The standard InChI is InChI=1S/C23H24N6O2/c1-4-23(14-7-5-8-15(11-14)31-21-24-9-6-10-25-21)16-13-26-29-19(16)27-17-12-22(2,3)28-20(30)18(17)23/h5-11,13,19,27H,4,12H2,1-3H3,(H,28,30). The number of carbonyl (C=O) groups is 1. The highest BCUT2D eigenvalue weighted by Gasteiger charge is 2.53. The minimum atomic E-state index is -0.660. The first kappa shape index (κ1) is 19.4. The molecule has 0 radical (unpaired) electrons. The van der Waals surface area contributed by atoms with Crippen molar-refractivity contribution in [2.75, 3.05) is 0 Å². The molecule has 2 N–H and O–H groups in total. The van der Waals surface area contributed by atoms with Gasteiger partial charge in [-0.1, -0.05) is 19.1 Å². The predicted molar refractivity (Wildman–Crippen MR) is 114 cm³/mol. The summed E-state index contributed by atoms with van der Waals surface area (Å²) in [6.07, 6.45) is 6.15. The number of aromatic nitrogens is 2. The number of rotatable bonds is 4. The summed E-state index contributed by atoms with van der Waals surface area (Å²) in [5, 5.41) is 15.2. The van der Waals surface area contributed by atoms with Gasteiger partial charge in [-0.15, -0.1) is 0 Å². The first-order valence-corrected chi connectivity index (χ1v) is 10.4. The van der Waals surface area contributed by atoms with Crippen LogP contribution in [0.5, 0.6) is 11.8 Å². The van der Waals surface area contributed by atoms with E-state index >= 15 is 0 Å². The molecule has 0 bridgehead atoms. The third-order valence-electron chi connectivity index (χ3n) is 6.11. The molecule has 3 aliphatic heterocycles. The van der Waals surface area contributed by atoms with Gasteiger partial charge in [-0.05, 0) is 44.0 Å². The Hall–Kier alpha value is -3.55. The highest BCUT2D eigenvalue weighted by Crippen LogP contribution is 2.51. The summed E-state index contributed by atoms with van der Waals surface area (Å²) in [7, 11) is 0. The predicted octanol–water partition coefficient (Wildman–Crippen LogP) is 3.75. The van der Waals surface area contributed by atoms with Gasteiger partial charge in [0.25, 0.3) is 5.91 Å². The van der Waals surface area contributed by atoms with E-state index in [0.29, 0.717) is 18.6 Å². The topological polar surface area (TPSA) is 101 Å². The lowest BCUT2D eigenvalue weighted by Crippen LogP contribution is -2.58. The minimum Gasteiger partial charge on any atom is -0.424 e. The molecular formula is C23H24N6O2. The zero-order valence-electron chi connectivity index (χ0n) is 17.7. The van der Waals surface area contributed by atoms with Crippen LogP contribution in [0.15, 0.2) is 76.0 Å². The Morgan fingerprint density at radius 3 is 2.77 bits per heavy atom. The largest absolute Gasteiger partial charge is 0.424 e. The Kier molecular flexibility index (Phi) is 4.39. The molecule has 158 valence electrons. The van der Waals surface area contributed by atoms with Crippen molar-refractivity contribution in [3.63, 3.8) is 0 Å². The van der Waals surface area contributed by atoms with Crippen molar-refractivity contribution >= 4 is 5.91 Å². The van der Waals surface area contributed by atoms with Crippen LogP contribution in [0.25, 0.3) is 0 Å². The average molecular weight is 416 g/mol. The minimum absolute atomic E-state index is 0.0652. The van der Waals surface area contributed by atoms with E-state index in [1.165, 1.54) is 0 Å². The van der Waals surface area contributed by atoms with Crippen molar-refractivity contribution in [2.45, 2.75) is 50.7 Å². The molecule has 2 atom stereocenters. The van der Waals surface area contributed by atoms with E-state index in [1.54, 1.807) is 24.7 Å². The average Bonchev–Trinajstić information content (AvgIpc) is 3.21. The summed E-state index contributed by atoms with van der Waals surface area (Å²) in [5.41, 5.74) is 2.59. The van der Waals surface area contributed by atoms with E-state index in [4.69, 9.17) is 4.74 Å². The lowest BCUT2D eigenvalue weighted by Gasteiger charge is -2.48. The SMILES string of the molecule is CCC1(c2cccc(Oc3ncccn3)c2)C2=CN=NC2NC2=C1C(=O)NC(C)(C)C2. The molecule has 0 fully saturated rings. The zero-order valence-corrected chi connectivity index (χ0v) is 17.7. The zero-order chi connectivity index (χ0) is 21.6. The highest BCUT2D eigenvalue weighted by molar-refractivity contribution is 6.00. The Morgan fingerprint density at radius 1 is 1.19 bits per heavy atom. The molecule has 8 heteroatoms. The van der Waals surface area contributed by atoms with E-state index in [2.05, 4.69) is 37.8 Å². The molecule has 0 spiro atoms. The number of carbonyl (C=O) groups excluding carboxylic acids is 1. The van der Waals surface area contributed by atoms with Gasteiger partial charge in [-0.2, -0.15) is 10.2 Å². The van der Waals surface area contributed by atoms with Crippen molar-refractivity contribution in [1.29, 1.82) is 0 Å². The van der Waals surface area contributed by atoms with Crippen LogP contribution >= 0.6 is 0 Å². The quantitative estimate of drug-likeness (QED) is 0.791. The van der Waals surface area contributed by atoms with Crippen LogP contribution in [0.1, 0.15) is 39.2 Å². The van der Waals surface area contributed by atoms with Crippen LogP contribution in [0.3, 0.4) is 0 Å². The number of ether oxygens (including phenoxy) is 1. The monoisotopic (exact) mass is 416 g/mol. The maximum absolute atomic E-state index is 13.4. The van der Waals surface area contributed by atoms with Crippen LogP contribution in [-0.4, -0.2) is 27.6 Å². The number of nitrogens with zero attached hydrogens (tertiary/aromatic N) is 4. The maximum Gasteiger partial charge on any atom is 0.321 e. The number of benzene rings is 1. The number of hydrogen-bond donors (Lipinski definition) is 2.